The Bertz CT molecular complexity index is 418. The van der Waals surface area contributed by atoms with Crippen molar-refractivity contribution in [1.82, 2.24) is 5.32 Å². The van der Waals surface area contributed by atoms with Crippen LogP contribution in [0.1, 0.15) is 32.3 Å². The van der Waals surface area contributed by atoms with Crippen LogP contribution in [0.3, 0.4) is 0 Å². The molecular formula is C15H23NO3. The minimum Gasteiger partial charge on any atom is -0.493 e. The Hall–Kier alpha value is -1.71. The van der Waals surface area contributed by atoms with Crippen LogP contribution in [0.4, 0.5) is 0 Å². The molecule has 0 saturated heterocycles. The summed E-state index contributed by atoms with van der Waals surface area (Å²) in [6, 6.07) is 5.75. The van der Waals surface area contributed by atoms with Gasteiger partial charge in [-0.15, -0.1) is 0 Å². The molecule has 19 heavy (non-hydrogen) atoms. The first-order valence-corrected chi connectivity index (χ1v) is 6.61. The van der Waals surface area contributed by atoms with Gasteiger partial charge in [-0.05, 0) is 31.0 Å². The zero-order valence-electron chi connectivity index (χ0n) is 12.2. The summed E-state index contributed by atoms with van der Waals surface area (Å²) in [6.45, 7) is 4.13. The van der Waals surface area contributed by atoms with Gasteiger partial charge in [-0.1, -0.05) is 19.4 Å². The van der Waals surface area contributed by atoms with Gasteiger partial charge in [0.1, 0.15) is 0 Å². The molecule has 0 fully saturated rings. The van der Waals surface area contributed by atoms with Crippen LogP contribution in [0.25, 0.3) is 0 Å². The van der Waals surface area contributed by atoms with E-state index in [2.05, 4.69) is 12.2 Å². The van der Waals surface area contributed by atoms with Gasteiger partial charge in [0.25, 0.3) is 0 Å². The highest BCUT2D eigenvalue weighted by Crippen LogP contribution is 2.27. The molecule has 1 amide bonds. The standard InChI is InChI=1S/C15H23NO3/c1-5-6-11(2)16-15(17)10-12-7-8-13(18-3)14(9-12)19-4/h7-9,11H,5-6,10H2,1-4H3,(H,16,17)/t11-/m1/s1. The van der Waals surface area contributed by atoms with Crippen molar-refractivity contribution in [2.75, 3.05) is 14.2 Å². The second-order valence-corrected chi connectivity index (χ2v) is 4.62. The molecule has 1 atom stereocenters. The van der Waals surface area contributed by atoms with E-state index in [9.17, 15) is 4.79 Å². The van der Waals surface area contributed by atoms with Crippen molar-refractivity contribution >= 4 is 5.91 Å². The van der Waals surface area contributed by atoms with Crippen LogP contribution in [0, 0.1) is 0 Å². The molecule has 0 bridgehead atoms. The largest absolute Gasteiger partial charge is 0.493 e. The summed E-state index contributed by atoms with van der Waals surface area (Å²) in [7, 11) is 3.18. The lowest BCUT2D eigenvalue weighted by Crippen LogP contribution is -2.33. The summed E-state index contributed by atoms with van der Waals surface area (Å²) in [5, 5.41) is 2.98. The first kappa shape index (κ1) is 15.3. The molecule has 1 rings (SSSR count). The molecule has 4 nitrogen and oxygen atoms in total. The maximum atomic E-state index is 11.9. The number of rotatable bonds is 7. The third kappa shape index (κ3) is 4.81. The number of nitrogens with one attached hydrogen (secondary N) is 1. The fourth-order valence-electron chi connectivity index (χ4n) is 2.01. The van der Waals surface area contributed by atoms with E-state index >= 15 is 0 Å². The number of hydrogen-bond donors (Lipinski definition) is 1. The van der Waals surface area contributed by atoms with Crippen molar-refractivity contribution in [3.63, 3.8) is 0 Å². The number of methoxy groups -OCH3 is 2. The Morgan fingerprint density at radius 1 is 1.26 bits per heavy atom. The Balaban J connectivity index is 2.64. The number of carbonyl (C=O) groups excluding carboxylic acids is 1. The number of benzene rings is 1. The van der Waals surface area contributed by atoms with Crippen molar-refractivity contribution in [1.29, 1.82) is 0 Å². The normalized spacial score (nSPS) is 11.8. The highest BCUT2D eigenvalue weighted by molar-refractivity contribution is 5.79. The molecule has 106 valence electrons. The fourth-order valence-corrected chi connectivity index (χ4v) is 2.01. The molecule has 0 heterocycles. The third-order valence-electron chi connectivity index (χ3n) is 2.94. The minimum absolute atomic E-state index is 0.0353. The van der Waals surface area contributed by atoms with Crippen LogP contribution in [0.5, 0.6) is 11.5 Å². The van der Waals surface area contributed by atoms with E-state index in [4.69, 9.17) is 9.47 Å². The molecule has 0 aromatic heterocycles. The summed E-state index contributed by atoms with van der Waals surface area (Å²) < 4.78 is 10.4. The van der Waals surface area contributed by atoms with E-state index < -0.39 is 0 Å². The van der Waals surface area contributed by atoms with Gasteiger partial charge < -0.3 is 14.8 Å². The molecule has 0 radical (unpaired) electrons. The second kappa shape index (κ2) is 7.67. The lowest BCUT2D eigenvalue weighted by molar-refractivity contribution is -0.121. The fraction of sp³-hybridized carbons (Fsp3) is 0.533. The van der Waals surface area contributed by atoms with E-state index in [0.29, 0.717) is 17.9 Å². The second-order valence-electron chi connectivity index (χ2n) is 4.62. The quantitative estimate of drug-likeness (QED) is 0.824. The van der Waals surface area contributed by atoms with Gasteiger partial charge in [-0.2, -0.15) is 0 Å². The molecule has 4 heteroatoms. The van der Waals surface area contributed by atoms with Crippen molar-refractivity contribution in [2.24, 2.45) is 0 Å². The molecule has 1 aromatic rings. The average Bonchev–Trinajstić information content (AvgIpc) is 2.38. The van der Waals surface area contributed by atoms with E-state index in [1.807, 2.05) is 25.1 Å². The summed E-state index contributed by atoms with van der Waals surface area (Å²) in [5.41, 5.74) is 0.916. The van der Waals surface area contributed by atoms with E-state index in [0.717, 1.165) is 18.4 Å². The number of ether oxygens (including phenoxy) is 2. The van der Waals surface area contributed by atoms with Gasteiger partial charge >= 0.3 is 0 Å². The Labute approximate surface area is 115 Å². The number of amides is 1. The maximum Gasteiger partial charge on any atom is 0.224 e. The summed E-state index contributed by atoms with van der Waals surface area (Å²) >= 11 is 0. The predicted octanol–water partition coefficient (Wildman–Crippen LogP) is 2.55. The minimum atomic E-state index is 0.0353. The Morgan fingerprint density at radius 3 is 2.53 bits per heavy atom. The van der Waals surface area contributed by atoms with Crippen LogP contribution in [-0.4, -0.2) is 26.2 Å². The summed E-state index contributed by atoms with van der Waals surface area (Å²) in [5.74, 6) is 1.36. The van der Waals surface area contributed by atoms with E-state index in [-0.39, 0.29) is 11.9 Å². The maximum absolute atomic E-state index is 11.9. The van der Waals surface area contributed by atoms with Crippen LogP contribution < -0.4 is 14.8 Å². The lowest BCUT2D eigenvalue weighted by atomic mass is 10.1. The van der Waals surface area contributed by atoms with Crippen molar-refractivity contribution in [2.45, 2.75) is 39.2 Å². The smallest absolute Gasteiger partial charge is 0.224 e. The van der Waals surface area contributed by atoms with Gasteiger partial charge in [0, 0.05) is 6.04 Å². The van der Waals surface area contributed by atoms with Gasteiger partial charge in [-0.25, -0.2) is 0 Å². The van der Waals surface area contributed by atoms with Crippen molar-refractivity contribution in [3.05, 3.63) is 23.8 Å². The molecule has 0 spiro atoms. The van der Waals surface area contributed by atoms with Crippen LogP contribution in [-0.2, 0) is 11.2 Å². The predicted molar refractivity (Wildman–Crippen MR) is 75.8 cm³/mol. The third-order valence-corrected chi connectivity index (χ3v) is 2.94. The molecule has 0 saturated carbocycles. The molecule has 0 aliphatic rings. The molecule has 0 aliphatic heterocycles. The van der Waals surface area contributed by atoms with Crippen molar-refractivity contribution < 1.29 is 14.3 Å². The van der Waals surface area contributed by atoms with Crippen LogP contribution >= 0.6 is 0 Å². The van der Waals surface area contributed by atoms with Crippen LogP contribution in [0.2, 0.25) is 0 Å². The monoisotopic (exact) mass is 265 g/mol. The van der Waals surface area contributed by atoms with E-state index in [1.165, 1.54) is 0 Å². The van der Waals surface area contributed by atoms with Gasteiger partial charge in [0.15, 0.2) is 11.5 Å². The number of hydrogen-bond acceptors (Lipinski definition) is 3. The van der Waals surface area contributed by atoms with Crippen LogP contribution in [0.15, 0.2) is 18.2 Å². The molecular weight excluding hydrogens is 242 g/mol. The Kier molecular flexibility index (Phi) is 6.19. The first-order valence-electron chi connectivity index (χ1n) is 6.61. The molecule has 0 aliphatic carbocycles. The Morgan fingerprint density at radius 2 is 1.95 bits per heavy atom. The van der Waals surface area contributed by atoms with Gasteiger partial charge in [0.2, 0.25) is 5.91 Å². The molecule has 1 N–H and O–H groups in total. The number of carbonyl (C=O) groups is 1. The molecule has 1 aromatic carbocycles. The van der Waals surface area contributed by atoms with Gasteiger partial charge in [-0.3, -0.25) is 4.79 Å². The van der Waals surface area contributed by atoms with Crippen molar-refractivity contribution in [3.8, 4) is 11.5 Å². The first-order chi connectivity index (χ1) is 9.10. The zero-order valence-corrected chi connectivity index (χ0v) is 12.2. The molecule has 0 unspecified atom stereocenters. The lowest BCUT2D eigenvalue weighted by Gasteiger charge is -2.13. The zero-order chi connectivity index (χ0) is 14.3. The highest BCUT2D eigenvalue weighted by Gasteiger charge is 2.10. The summed E-state index contributed by atoms with van der Waals surface area (Å²) in [6.07, 6.45) is 2.42. The SMILES string of the molecule is CCC[C@@H](C)NC(=O)Cc1ccc(OC)c(OC)c1. The highest BCUT2D eigenvalue weighted by atomic mass is 16.5. The topological polar surface area (TPSA) is 47.6 Å². The van der Waals surface area contributed by atoms with E-state index in [1.54, 1.807) is 14.2 Å². The summed E-state index contributed by atoms with van der Waals surface area (Å²) in [4.78, 5) is 11.9. The average molecular weight is 265 g/mol. The van der Waals surface area contributed by atoms with Gasteiger partial charge in [0.05, 0.1) is 20.6 Å².